The molecular formula is C23H21F4N5O5S. The van der Waals surface area contributed by atoms with E-state index in [9.17, 15) is 36.5 Å². The minimum absolute atomic E-state index is 0.00267. The van der Waals surface area contributed by atoms with E-state index in [0.717, 1.165) is 32.2 Å². The van der Waals surface area contributed by atoms with Crippen LogP contribution < -0.4 is 10.1 Å². The number of aryl methyl sites for hydroxylation is 1. The Morgan fingerprint density at radius 1 is 1.16 bits per heavy atom. The number of nitrogens with one attached hydrogen (secondary N) is 1. The smallest absolute Gasteiger partial charge is 0.435 e. The van der Waals surface area contributed by atoms with Crippen molar-refractivity contribution in [3.63, 3.8) is 0 Å². The first-order chi connectivity index (χ1) is 17.6. The third kappa shape index (κ3) is 6.47. The molecule has 0 radical (unpaired) electrons. The van der Waals surface area contributed by atoms with Crippen LogP contribution in [0.4, 0.5) is 23.2 Å². The number of benzene rings is 1. The number of hydrogen-bond donors (Lipinski definition) is 2. The van der Waals surface area contributed by atoms with Gasteiger partial charge in [0.15, 0.2) is 11.4 Å². The Morgan fingerprint density at radius 3 is 2.45 bits per heavy atom. The van der Waals surface area contributed by atoms with Crippen LogP contribution in [0.2, 0.25) is 0 Å². The van der Waals surface area contributed by atoms with Crippen LogP contribution in [0, 0.1) is 19.8 Å². The van der Waals surface area contributed by atoms with E-state index in [2.05, 4.69) is 24.9 Å². The molecule has 2 aromatic heterocycles. The van der Waals surface area contributed by atoms with Gasteiger partial charge in [-0.15, -0.1) is 10.2 Å². The van der Waals surface area contributed by atoms with E-state index >= 15 is 0 Å². The molecule has 3 aromatic rings. The zero-order valence-electron chi connectivity index (χ0n) is 20.3. The van der Waals surface area contributed by atoms with Crippen molar-refractivity contribution < 1.29 is 41.2 Å². The molecule has 0 aliphatic heterocycles. The molecule has 0 aliphatic carbocycles. The Bertz CT molecular complexity index is 1540. The topological polar surface area (TPSA) is 144 Å². The molecule has 0 aliphatic rings. The SMILES string of the molecule is Cc1nc(F)ccc1Oc1nnc(C(F)(F)F)c(C)c1C(=O)Nc1cccc([S@@](C)(=O)=NC(=O)[C@H](C)O)c1. The van der Waals surface area contributed by atoms with Crippen LogP contribution >= 0.6 is 0 Å². The van der Waals surface area contributed by atoms with Gasteiger partial charge in [-0.05, 0) is 56.7 Å². The summed E-state index contributed by atoms with van der Waals surface area (Å²) in [6.45, 7) is 3.54. The normalized spacial score (nSPS) is 13.8. The number of alkyl halides is 3. The van der Waals surface area contributed by atoms with E-state index in [0.29, 0.717) is 0 Å². The second-order valence-corrected chi connectivity index (χ2v) is 10.3. The number of carbonyl (C=O) groups is 2. The first-order valence-corrected chi connectivity index (χ1v) is 12.6. The lowest BCUT2D eigenvalue weighted by Crippen LogP contribution is -2.21. The minimum Gasteiger partial charge on any atom is -0.435 e. The highest BCUT2D eigenvalue weighted by molar-refractivity contribution is 7.93. The molecule has 2 amide bonds. The molecular weight excluding hydrogens is 534 g/mol. The fourth-order valence-corrected chi connectivity index (χ4v) is 4.42. The number of ether oxygens (including phenoxy) is 1. The third-order valence-electron chi connectivity index (χ3n) is 5.04. The van der Waals surface area contributed by atoms with Crippen LogP contribution in [0.3, 0.4) is 0 Å². The molecule has 0 bridgehead atoms. The standard InChI is InChI=1S/C23H21F4N5O5S/c1-11-18(21(35)29-14-6-5-7-15(10-14)38(4,36)32-20(34)13(3)33)22(31-30-19(11)23(25,26)27)37-16-8-9-17(24)28-12(16)2/h5-10,13,33H,1-4H3,(H,29,35)/t13-,38+/m0/s1. The van der Waals surface area contributed by atoms with Crippen LogP contribution in [0.1, 0.15) is 34.2 Å². The van der Waals surface area contributed by atoms with Crippen LogP contribution in [-0.2, 0) is 20.7 Å². The van der Waals surface area contributed by atoms with Gasteiger partial charge in [-0.25, -0.2) is 9.19 Å². The van der Waals surface area contributed by atoms with Gasteiger partial charge < -0.3 is 15.2 Å². The number of aliphatic hydroxyl groups is 1. The summed E-state index contributed by atoms with van der Waals surface area (Å²) in [4.78, 5) is 28.5. The largest absolute Gasteiger partial charge is 0.435 e. The predicted octanol–water partition coefficient (Wildman–Crippen LogP) is 4.06. The molecule has 0 fully saturated rings. The second-order valence-electron chi connectivity index (χ2n) is 8.06. The Hall–Kier alpha value is -3.98. The third-order valence-corrected chi connectivity index (χ3v) is 6.70. The number of amides is 2. The fraction of sp³-hybridized carbons (Fsp3) is 0.261. The van der Waals surface area contributed by atoms with E-state index in [4.69, 9.17) is 4.74 Å². The average Bonchev–Trinajstić information content (AvgIpc) is 2.80. The van der Waals surface area contributed by atoms with E-state index < -0.39 is 62.5 Å². The van der Waals surface area contributed by atoms with Crippen molar-refractivity contribution in [2.24, 2.45) is 4.36 Å². The summed E-state index contributed by atoms with van der Waals surface area (Å²) in [5.74, 6) is -3.60. The van der Waals surface area contributed by atoms with Crippen molar-refractivity contribution in [2.45, 2.75) is 37.9 Å². The Labute approximate surface area is 214 Å². The summed E-state index contributed by atoms with van der Waals surface area (Å²) in [6, 6.07) is 7.41. The Kier molecular flexibility index (Phi) is 8.12. The zero-order valence-corrected chi connectivity index (χ0v) is 21.1. The van der Waals surface area contributed by atoms with Gasteiger partial charge in [0.05, 0.1) is 15.4 Å². The molecule has 3 rings (SSSR count). The summed E-state index contributed by atoms with van der Waals surface area (Å²) in [6.07, 6.45) is -5.28. The molecule has 0 saturated carbocycles. The van der Waals surface area contributed by atoms with Crippen LogP contribution in [-0.4, -0.2) is 48.7 Å². The van der Waals surface area contributed by atoms with Gasteiger partial charge in [-0.2, -0.15) is 21.9 Å². The second kappa shape index (κ2) is 10.8. The molecule has 10 nitrogen and oxygen atoms in total. The minimum atomic E-state index is -4.94. The van der Waals surface area contributed by atoms with Crippen LogP contribution in [0.25, 0.3) is 0 Å². The number of aromatic nitrogens is 3. The number of halogens is 4. The average molecular weight is 556 g/mol. The predicted molar refractivity (Wildman–Crippen MR) is 127 cm³/mol. The maximum absolute atomic E-state index is 13.5. The lowest BCUT2D eigenvalue weighted by Gasteiger charge is -2.16. The highest BCUT2D eigenvalue weighted by Crippen LogP contribution is 2.35. The number of hydrogen-bond acceptors (Lipinski definition) is 8. The van der Waals surface area contributed by atoms with Gasteiger partial charge in [0.1, 0.15) is 11.7 Å². The van der Waals surface area contributed by atoms with E-state index in [1.54, 1.807) is 0 Å². The summed E-state index contributed by atoms with van der Waals surface area (Å²) < 4.78 is 75.9. The van der Waals surface area contributed by atoms with E-state index in [1.807, 2.05) is 0 Å². The molecule has 15 heteroatoms. The monoisotopic (exact) mass is 555 g/mol. The maximum atomic E-state index is 13.5. The molecule has 0 unspecified atom stereocenters. The van der Waals surface area contributed by atoms with Crippen molar-refractivity contribution in [3.8, 4) is 11.6 Å². The number of carbonyl (C=O) groups excluding carboxylic acids is 2. The van der Waals surface area contributed by atoms with Gasteiger partial charge in [0.25, 0.3) is 17.7 Å². The molecule has 2 heterocycles. The van der Waals surface area contributed by atoms with Crippen molar-refractivity contribution >= 4 is 27.2 Å². The first-order valence-electron chi connectivity index (χ1n) is 10.7. The van der Waals surface area contributed by atoms with Gasteiger partial charge >= 0.3 is 6.18 Å². The molecule has 38 heavy (non-hydrogen) atoms. The molecule has 0 spiro atoms. The number of anilines is 1. The zero-order chi connectivity index (χ0) is 28.4. The summed E-state index contributed by atoms with van der Waals surface area (Å²) in [5.41, 5.74) is -2.60. The Balaban J connectivity index is 2.05. The number of aliphatic hydroxyl groups excluding tert-OH is 1. The van der Waals surface area contributed by atoms with Crippen molar-refractivity contribution in [2.75, 3.05) is 11.6 Å². The van der Waals surface area contributed by atoms with E-state index in [-0.39, 0.29) is 22.0 Å². The Morgan fingerprint density at radius 2 is 1.84 bits per heavy atom. The lowest BCUT2D eigenvalue weighted by atomic mass is 10.1. The number of nitrogens with zero attached hydrogens (tertiary/aromatic N) is 4. The summed E-state index contributed by atoms with van der Waals surface area (Å²) in [7, 11) is -3.34. The summed E-state index contributed by atoms with van der Waals surface area (Å²) >= 11 is 0. The first kappa shape index (κ1) is 28.6. The molecule has 202 valence electrons. The van der Waals surface area contributed by atoms with Gasteiger partial charge in [-0.1, -0.05) is 6.07 Å². The molecule has 2 N–H and O–H groups in total. The fourth-order valence-electron chi connectivity index (χ4n) is 3.14. The number of pyridine rings is 1. The maximum Gasteiger partial charge on any atom is 0.435 e. The van der Waals surface area contributed by atoms with Crippen molar-refractivity contribution in [1.29, 1.82) is 0 Å². The summed E-state index contributed by atoms with van der Waals surface area (Å²) in [5, 5.41) is 18.3. The van der Waals surface area contributed by atoms with Gasteiger partial charge in [0, 0.05) is 16.8 Å². The quantitative estimate of drug-likeness (QED) is 0.342. The van der Waals surface area contributed by atoms with Crippen LogP contribution in [0.5, 0.6) is 11.6 Å². The lowest BCUT2D eigenvalue weighted by molar-refractivity contribution is -0.142. The van der Waals surface area contributed by atoms with Gasteiger partial charge in [-0.3, -0.25) is 9.59 Å². The highest BCUT2D eigenvalue weighted by atomic mass is 32.2. The number of rotatable bonds is 6. The van der Waals surface area contributed by atoms with Crippen molar-refractivity contribution in [3.05, 3.63) is 64.9 Å². The van der Waals surface area contributed by atoms with Crippen LogP contribution in [0.15, 0.2) is 45.7 Å². The van der Waals surface area contributed by atoms with Crippen molar-refractivity contribution in [1.82, 2.24) is 15.2 Å². The molecule has 2 atom stereocenters. The highest BCUT2D eigenvalue weighted by Gasteiger charge is 2.38. The molecule has 1 aromatic carbocycles. The van der Waals surface area contributed by atoms with E-state index in [1.165, 1.54) is 31.2 Å². The van der Waals surface area contributed by atoms with Gasteiger partial charge in [0.2, 0.25) is 5.95 Å². The molecule has 0 saturated heterocycles.